The molecular weight excluding hydrogens is 326 g/mol. The summed E-state index contributed by atoms with van der Waals surface area (Å²) in [5.74, 6) is 0.322. The Hall–Kier alpha value is -3.59. The van der Waals surface area contributed by atoms with Crippen LogP contribution in [-0.4, -0.2) is 14.8 Å². The summed E-state index contributed by atoms with van der Waals surface area (Å²) >= 11 is 0. The third-order valence-corrected chi connectivity index (χ3v) is 4.53. The maximum absolute atomic E-state index is 9.68. The van der Waals surface area contributed by atoms with Gasteiger partial charge >= 0.3 is 0 Å². The van der Waals surface area contributed by atoms with Crippen molar-refractivity contribution in [1.29, 1.82) is 5.26 Å². The molecule has 2 N–H and O–H groups in total. The van der Waals surface area contributed by atoms with Gasteiger partial charge in [-0.2, -0.15) is 15.0 Å². The van der Waals surface area contributed by atoms with Crippen LogP contribution in [-0.2, 0) is 0 Å². The first-order valence-electron chi connectivity index (χ1n) is 8.24. The van der Waals surface area contributed by atoms with Crippen molar-refractivity contribution in [1.82, 2.24) is 14.8 Å². The van der Waals surface area contributed by atoms with E-state index in [0.29, 0.717) is 11.5 Å². The molecule has 0 amide bonds. The first-order chi connectivity index (χ1) is 12.6. The van der Waals surface area contributed by atoms with E-state index in [4.69, 9.17) is 10.5 Å². The molecule has 1 atom stereocenters. The lowest BCUT2D eigenvalue weighted by atomic mass is 9.84. The van der Waals surface area contributed by atoms with E-state index in [1.807, 2.05) is 50.2 Å². The molecule has 4 rings (SSSR count). The summed E-state index contributed by atoms with van der Waals surface area (Å²) in [6.07, 6.45) is 3.40. The summed E-state index contributed by atoms with van der Waals surface area (Å²) in [6.45, 7) is 3.94. The molecule has 1 aliphatic rings. The molecule has 0 bridgehead atoms. The van der Waals surface area contributed by atoms with Crippen molar-refractivity contribution in [2.24, 2.45) is 5.73 Å². The van der Waals surface area contributed by atoms with E-state index in [0.717, 1.165) is 28.1 Å². The summed E-state index contributed by atoms with van der Waals surface area (Å²) in [7, 11) is 0. The smallest absolute Gasteiger partial charge is 0.229 e. The molecule has 0 fully saturated rings. The van der Waals surface area contributed by atoms with E-state index in [1.165, 1.54) is 0 Å². The number of pyridine rings is 1. The Morgan fingerprint density at radius 3 is 2.62 bits per heavy atom. The number of hydrogen-bond donors (Lipinski definition) is 1. The zero-order valence-electron chi connectivity index (χ0n) is 14.5. The van der Waals surface area contributed by atoms with Crippen molar-refractivity contribution in [3.05, 3.63) is 82.6 Å². The van der Waals surface area contributed by atoms with Crippen molar-refractivity contribution >= 4 is 0 Å². The lowest BCUT2D eigenvalue weighted by Crippen LogP contribution is -2.22. The second-order valence-electron chi connectivity index (χ2n) is 6.26. The highest BCUT2D eigenvalue weighted by molar-refractivity contribution is 5.57. The van der Waals surface area contributed by atoms with Crippen molar-refractivity contribution in [3.8, 4) is 17.6 Å². The summed E-state index contributed by atoms with van der Waals surface area (Å²) in [5, 5.41) is 14.3. The molecule has 6 heteroatoms. The highest BCUT2D eigenvalue weighted by atomic mass is 16.5. The Bertz CT molecular complexity index is 1040. The molecule has 0 unspecified atom stereocenters. The monoisotopic (exact) mass is 343 g/mol. The highest BCUT2D eigenvalue weighted by Crippen LogP contribution is 2.44. The first-order valence-corrected chi connectivity index (χ1v) is 8.24. The molecule has 26 heavy (non-hydrogen) atoms. The fourth-order valence-corrected chi connectivity index (χ4v) is 3.26. The van der Waals surface area contributed by atoms with Gasteiger partial charge in [0.25, 0.3) is 0 Å². The molecule has 3 aromatic rings. The topological polar surface area (TPSA) is 89.8 Å². The first kappa shape index (κ1) is 15.9. The number of aryl methyl sites for hydroxylation is 2. The number of benzene rings is 1. The molecule has 128 valence electrons. The zero-order chi connectivity index (χ0) is 18.3. The molecule has 0 saturated heterocycles. The van der Waals surface area contributed by atoms with Crippen molar-refractivity contribution in [2.45, 2.75) is 19.8 Å². The van der Waals surface area contributed by atoms with Gasteiger partial charge in [-0.25, -0.2) is 0 Å². The summed E-state index contributed by atoms with van der Waals surface area (Å²) in [6, 6.07) is 14.0. The van der Waals surface area contributed by atoms with E-state index >= 15 is 0 Å². The van der Waals surface area contributed by atoms with Crippen LogP contribution in [0.3, 0.4) is 0 Å². The lowest BCUT2D eigenvalue weighted by molar-refractivity contribution is 0.367. The lowest BCUT2D eigenvalue weighted by Gasteiger charge is -2.25. The average molecular weight is 343 g/mol. The summed E-state index contributed by atoms with van der Waals surface area (Å²) in [4.78, 5) is 4.14. The number of aromatic nitrogens is 3. The minimum Gasteiger partial charge on any atom is -0.422 e. The van der Waals surface area contributed by atoms with Gasteiger partial charge in [-0.1, -0.05) is 29.8 Å². The van der Waals surface area contributed by atoms with Crippen LogP contribution in [0.4, 0.5) is 0 Å². The number of nitrogens with zero attached hydrogens (tertiary/aromatic N) is 4. The SMILES string of the molecule is Cc1ccc([C@H]2C(C#N)=C(N)Oc3c2c(C)nn3-c2cccnc2)cc1. The van der Waals surface area contributed by atoms with Crippen LogP contribution in [0, 0.1) is 25.2 Å². The van der Waals surface area contributed by atoms with Crippen LogP contribution in [0.15, 0.2) is 60.2 Å². The van der Waals surface area contributed by atoms with E-state index < -0.39 is 0 Å². The van der Waals surface area contributed by atoms with E-state index in [-0.39, 0.29) is 11.8 Å². The average Bonchev–Trinajstić information content (AvgIpc) is 2.98. The van der Waals surface area contributed by atoms with Gasteiger partial charge in [0.15, 0.2) is 0 Å². The van der Waals surface area contributed by atoms with Gasteiger partial charge in [0.05, 0.1) is 29.1 Å². The van der Waals surface area contributed by atoms with Crippen LogP contribution in [0.5, 0.6) is 5.88 Å². The van der Waals surface area contributed by atoms with E-state index in [2.05, 4.69) is 16.2 Å². The Morgan fingerprint density at radius 2 is 1.96 bits per heavy atom. The molecule has 1 aliphatic heterocycles. The molecule has 0 radical (unpaired) electrons. The normalized spacial score (nSPS) is 16.0. The van der Waals surface area contributed by atoms with Crippen molar-refractivity contribution < 1.29 is 4.74 Å². The number of ether oxygens (including phenoxy) is 1. The maximum Gasteiger partial charge on any atom is 0.229 e. The van der Waals surface area contributed by atoms with Gasteiger partial charge in [-0.05, 0) is 31.5 Å². The fraction of sp³-hybridized carbons (Fsp3) is 0.150. The number of hydrogen-bond acceptors (Lipinski definition) is 5. The minimum absolute atomic E-state index is 0.107. The largest absolute Gasteiger partial charge is 0.422 e. The molecule has 3 heterocycles. The molecule has 2 aromatic heterocycles. The molecular formula is C20H17N5O. The van der Waals surface area contributed by atoms with Crippen LogP contribution in [0.25, 0.3) is 5.69 Å². The van der Waals surface area contributed by atoms with Crippen LogP contribution in [0.1, 0.15) is 28.3 Å². The van der Waals surface area contributed by atoms with Gasteiger partial charge in [-0.3, -0.25) is 4.98 Å². The maximum atomic E-state index is 9.68. The molecule has 6 nitrogen and oxygen atoms in total. The summed E-state index contributed by atoms with van der Waals surface area (Å²) < 4.78 is 7.51. The number of nitriles is 1. The number of rotatable bonds is 2. The third-order valence-electron chi connectivity index (χ3n) is 4.53. The summed E-state index contributed by atoms with van der Waals surface area (Å²) in [5.41, 5.74) is 11.0. The Kier molecular flexibility index (Phi) is 3.70. The quantitative estimate of drug-likeness (QED) is 0.772. The fourth-order valence-electron chi connectivity index (χ4n) is 3.26. The van der Waals surface area contributed by atoms with Gasteiger partial charge in [0.2, 0.25) is 11.8 Å². The Morgan fingerprint density at radius 1 is 1.19 bits per heavy atom. The van der Waals surface area contributed by atoms with Crippen LogP contribution >= 0.6 is 0 Å². The predicted molar refractivity (Wildman–Crippen MR) is 96.6 cm³/mol. The molecule has 1 aromatic carbocycles. The third kappa shape index (κ3) is 2.42. The zero-order valence-corrected chi connectivity index (χ0v) is 14.5. The molecule has 0 spiro atoms. The van der Waals surface area contributed by atoms with Crippen LogP contribution in [0.2, 0.25) is 0 Å². The van der Waals surface area contributed by atoms with Gasteiger partial charge in [0, 0.05) is 6.20 Å². The standard InChI is InChI=1S/C20H17N5O/c1-12-5-7-14(8-6-12)18-16(10-21)19(22)26-20-17(18)13(2)24-25(20)15-4-3-9-23-11-15/h3-9,11,18H,22H2,1-2H3/t18-/m0/s1. The predicted octanol–water partition coefficient (Wildman–Crippen LogP) is 3.10. The minimum atomic E-state index is -0.310. The second-order valence-corrected chi connectivity index (χ2v) is 6.26. The Balaban J connectivity index is 1.95. The molecule has 0 aliphatic carbocycles. The van der Waals surface area contributed by atoms with Crippen LogP contribution < -0.4 is 10.5 Å². The second kappa shape index (κ2) is 6.05. The van der Waals surface area contributed by atoms with Gasteiger partial charge in [-0.15, -0.1) is 0 Å². The van der Waals surface area contributed by atoms with Gasteiger partial charge < -0.3 is 10.5 Å². The highest BCUT2D eigenvalue weighted by Gasteiger charge is 2.36. The van der Waals surface area contributed by atoms with E-state index in [1.54, 1.807) is 17.1 Å². The van der Waals surface area contributed by atoms with Crippen molar-refractivity contribution in [2.75, 3.05) is 0 Å². The van der Waals surface area contributed by atoms with Gasteiger partial charge in [0.1, 0.15) is 11.6 Å². The number of fused-ring (bicyclic) bond motifs is 1. The number of nitrogens with two attached hydrogens (primary N) is 1. The Labute approximate surface area is 151 Å². The van der Waals surface area contributed by atoms with Crippen molar-refractivity contribution in [3.63, 3.8) is 0 Å². The number of allylic oxidation sites excluding steroid dienone is 1. The van der Waals surface area contributed by atoms with E-state index in [9.17, 15) is 5.26 Å². The molecule has 0 saturated carbocycles.